The summed E-state index contributed by atoms with van der Waals surface area (Å²) >= 11 is 0. The second kappa shape index (κ2) is 8.32. The first kappa shape index (κ1) is 18.9. The molecule has 1 atom stereocenters. The molecule has 4 nitrogen and oxygen atoms in total. The summed E-state index contributed by atoms with van der Waals surface area (Å²) in [7, 11) is 0. The fraction of sp³-hybridized carbons (Fsp3) is 0.696. The Morgan fingerprint density at radius 3 is 2.41 bits per heavy atom. The molecule has 1 aromatic rings. The van der Waals surface area contributed by atoms with Gasteiger partial charge in [0.05, 0.1) is 6.10 Å². The molecule has 1 saturated carbocycles. The van der Waals surface area contributed by atoms with Crippen molar-refractivity contribution in [3.8, 4) is 0 Å². The lowest BCUT2D eigenvalue weighted by atomic mass is 9.88. The highest BCUT2D eigenvalue weighted by Gasteiger charge is 2.27. The van der Waals surface area contributed by atoms with Crippen LogP contribution < -0.4 is 0 Å². The van der Waals surface area contributed by atoms with Crippen LogP contribution in [-0.4, -0.2) is 53.0 Å². The normalized spacial score (nSPS) is 23.4. The van der Waals surface area contributed by atoms with Crippen molar-refractivity contribution in [3.05, 3.63) is 34.9 Å². The van der Waals surface area contributed by atoms with Crippen LogP contribution in [0.25, 0.3) is 0 Å². The van der Waals surface area contributed by atoms with Crippen molar-refractivity contribution in [2.24, 2.45) is 5.92 Å². The number of likely N-dealkylation sites (tertiary alicyclic amines) is 1. The number of piperidine rings is 1. The maximum atomic E-state index is 11.5. The SMILES string of the molecule is CC(=O)N1CCC(CC(O)c2ccc3c(c2)CCN(C2CCC2)CC3)CC1. The minimum atomic E-state index is -0.379. The number of carbonyl (C=O) groups is 1. The lowest BCUT2D eigenvalue weighted by molar-refractivity contribution is -0.130. The van der Waals surface area contributed by atoms with Gasteiger partial charge in [-0.2, -0.15) is 0 Å². The zero-order valence-electron chi connectivity index (χ0n) is 16.7. The predicted octanol–water partition coefficient (Wildman–Crippen LogP) is 3.32. The van der Waals surface area contributed by atoms with Gasteiger partial charge in [0.1, 0.15) is 0 Å². The van der Waals surface area contributed by atoms with E-state index in [0.29, 0.717) is 5.92 Å². The van der Waals surface area contributed by atoms with Crippen molar-refractivity contribution < 1.29 is 9.90 Å². The van der Waals surface area contributed by atoms with Crippen LogP contribution in [0, 0.1) is 5.92 Å². The molecule has 1 aliphatic carbocycles. The molecule has 4 rings (SSSR count). The number of hydrogen-bond donors (Lipinski definition) is 1. The van der Waals surface area contributed by atoms with Gasteiger partial charge >= 0.3 is 0 Å². The van der Waals surface area contributed by atoms with Crippen molar-refractivity contribution in [3.63, 3.8) is 0 Å². The first-order chi connectivity index (χ1) is 13.1. The Bertz CT molecular complexity index is 662. The van der Waals surface area contributed by atoms with Crippen molar-refractivity contribution in [2.45, 2.75) is 70.4 Å². The summed E-state index contributed by atoms with van der Waals surface area (Å²) in [4.78, 5) is 16.1. The van der Waals surface area contributed by atoms with Crippen LogP contribution in [0.15, 0.2) is 18.2 Å². The third-order valence-corrected chi connectivity index (χ3v) is 7.16. The maximum absolute atomic E-state index is 11.5. The van der Waals surface area contributed by atoms with Crippen molar-refractivity contribution in [2.75, 3.05) is 26.2 Å². The van der Waals surface area contributed by atoms with Gasteiger partial charge in [-0.05, 0) is 67.6 Å². The van der Waals surface area contributed by atoms with Gasteiger partial charge in [0.15, 0.2) is 0 Å². The van der Waals surface area contributed by atoms with Gasteiger partial charge in [-0.15, -0.1) is 0 Å². The van der Waals surface area contributed by atoms with E-state index in [0.717, 1.165) is 56.8 Å². The summed E-state index contributed by atoms with van der Waals surface area (Å²) in [5.41, 5.74) is 4.00. The topological polar surface area (TPSA) is 43.8 Å². The zero-order chi connectivity index (χ0) is 18.8. The largest absolute Gasteiger partial charge is 0.388 e. The highest BCUT2D eigenvalue weighted by Crippen LogP contribution is 2.31. The van der Waals surface area contributed by atoms with Crippen LogP contribution >= 0.6 is 0 Å². The zero-order valence-corrected chi connectivity index (χ0v) is 16.7. The summed E-state index contributed by atoms with van der Waals surface area (Å²) in [5, 5.41) is 10.8. The number of fused-ring (bicyclic) bond motifs is 1. The number of nitrogens with zero attached hydrogens (tertiary/aromatic N) is 2. The van der Waals surface area contributed by atoms with E-state index >= 15 is 0 Å². The number of benzene rings is 1. The lowest BCUT2D eigenvalue weighted by Crippen LogP contribution is -2.41. The number of aliphatic hydroxyl groups excluding tert-OH is 1. The number of carbonyl (C=O) groups excluding carboxylic acids is 1. The molecule has 2 fully saturated rings. The van der Waals surface area contributed by atoms with E-state index in [4.69, 9.17) is 0 Å². The molecule has 148 valence electrons. The van der Waals surface area contributed by atoms with E-state index in [2.05, 4.69) is 23.1 Å². The van der Waals surface area contributed by atoms with Gasteiger partial charge in [-0.25, -0.2) is 0 Å². The molecule has 1 saturated heterocycles. The second-order valence-corrected chi connectivity index (χ2v) is 8.85. The van der Waals surface area contributed by atoms with Gasteiger partial charge in [-0.1, -0.05) is 24.6 Å². The molecule has 1 aromatic carbocycles. The highest BCUT2D eigenvalue weighted by atomic mass is 16.3. The molecule has 0 radical (unpaired) electrons. The average Bonchev–Trinajstić information content (AvgIpc) is 2.83. The second-order valence-electron chi connectivity index (χ2n) is 8.85. The van der Waals surface area contributed by atoms with Gasteiger partial charge in [0.2, 0.25) is 5.91 Å². The summed E-state index contributed by atoms with van der Waals surface area (Å²) in [6, 6.07) is 7.50. The number of aliphatic hydroxyl groups is 1. The Labute approximate surface area is 163 Å². The maximum Gasteiger partial charge on any atom is 0.219 e. The van der Waals surface area contributed by atoms with E-state index in [1.54, 1.807) is 6.92 Å². The number of rotatable bonds is 4. The molecule has 2 heterocycles. The standard InChI is InChI=1S/C23H34N2O2/c1-17(26)24-11-7-18(8-12-24)15-23(27)21-6-5-19-9-13-25(22-3-2-4-22)14-10-20(19)16-21/h5-6,16,18,22-23,27H,2-4,7-15H2,1H3. The first-order valence-corrected chi connectivity index (χ1v) is 10.9. The smallest absolute Gasteiger partial charge is 0.219 e. The molecule has 3 aliphatic rings. The van der Waals surface area contributed by atoms with Gasteiger partial charge in [0.25, 0.3) is 0 Å². The lowest BCUT2D eigenvalue weighted by Gasteiger charge is -2.36. The van der Waals surface area contributed by atoms with E-state index in [1.807, 2.05) is 4.90 Å². The van der Waals surface area contributed by atoms with E-state index in [1.165, 1.54) is 43.5 Å². The van der Waals surface area contributed by atoms with E-state index in [-0.39, 0.29) is 12.0 Å². The van der Waals surface area contributed by atoms with E-state index < -0.39 is 0 Å². The highest BCUT2D eigenvalue weighted by molar-refractivity contribution is 5.73. The van der Waals surface area contributed by atoms with Crippen molar-refractivity contribution >= 4 is 5.91 Å². The summed E-state index contributed by atoms with van der Waals surface area (Å²) in [6.07, 6.45) is 8.88. The third kappa shape index (κ3) is 4.38. The van der Waals surface area contributed by atoms with Crippen molar-refractivity contribution in [1.82, 2.24) is 9.80 Å². The molecule has 0 bridgehead atoms. The van der Waals surface area contributed by atoms with Crippen LogP contribution in [0.4, 0.5) is 0 Å². The average molecular weight is 371 g/mol. The van der Waals surface area contributed by atoms with E-state index in [9.17, 15) is 9.90 Å². The molecule has 1 amide bonds. The Morgan fingerprint density at radius 1 is 1.07 bits per heavy atom. The molecule has 1 N–H and O–H groups in total. The minimum Gasteiger partial charge on any atom is -0.388 e. The summed E-state index contributed by atoms with van der Waals surface area (Å²) < 4.78 is 0. The molecule has 4 heteroatoms. The Morgan fingerprint density at radius 2 is 1.78 bits per heavy atom. The number of hydrogen-bond acceptors (Lipinski definition) is 3. The molecule has 0 spiro atoms. The number of amides is 1. The Balaban J connectivity index is 1.34. The third-order valence-electron chi connectivity index (χ3n) is 7.16. The Kier molecular flexibility index (Phi) is 5.84. The molecular formula is C23H34N2O2. The molecule has 2 aliphatic heterocycles. The van der Waals surface area contributed by atoms with Crippen molar-refractivity contribution in [1.29, 1.82) is 0 Å². The molecule has 0 aromatic heterocycles. The monoisotopic (exact) mass is 370 g/mol. The molecule has 1 unspecified atom stereocenters. The first-order valence-electron chi connectivity index (χ1n) is 10.9. The summed E-state index contributed by atoms with van der Waals surface area (Å²) in [6.45, 7) is 5.69. The molecule has 27 heavy (non-hydrogen) atoms. The quantitative estimate of drug-likeness (QED) is 0.884. The molecular weight excluding hydrogens is 336 g/mol. The van der Waals surface area contributed by atoms with Gasteiger partial charge in [-0.3, -0.25) is 9.69 Å². The van der Waals surface area contributed by atoms with Gasteiger partial charge < -0.3 is 10.0 Å². The fourth-order valence-corrected chi connectivity index (χ4v) is 5.02. The van der Waals surface area contributed by atoms with Crippen LogP contribution in [0.3, 0.4) is 0 Å². The van der Waals surface area contributed by atoms with Crippen LogP contribution in [-0.2, 0) is 17.6 Å². The fourth-order valence-electron chi connectivity index (χ4n) is 5.02. The minimum absolute atomic E-state index is 0.177. The summed E-state index contributed by atoms with van der Waals surface area (Å²) in [5.74, 6) is 0.694. The van der Waals surface area contributed by atoms with Crippen LogP contribution in [0.2, 0.25) is 0 Å². The predicted molar refractivity (Wildman–Crippen MR) is 108 cm³/mol. The Hall–Kier alpha value is -1.39. The van der Waals surface area contributed by atoms with Gasteiger partial charge in [0, 0.05) is 39.1 Å². The van der Waals surface area contributed by atoms with Crippen LogP contribution in [0.5, 0.6) is 0 Å². The van der Waals surface area contributed by atoms with Crippen LogP contribution in [0.1, 0.15) is 68.2 Å².